The lowest BCUT2D eigenvalue weighted by molar-refractivity contribution is 0.301. The molecule has 1 nitrogen and oxygen atoms in total. The highest BCUT2D eigenvalue weighted by Crippen LogP contribution is 2.23. The van der Waals surface area contributed by atoms with E-state index in [1.54, 1.807) is 0 Å². The van der Waals surface area contributed by atoms with Crippen LogP contribution in [0.2, 0.25) is 0 Å². The minimum Gasteiger partial charge on any atom is -0.494 e. The molecular weight excluding hydrogens is 336 g/mol. The van der Waals surface area contributed by atoms with Crippen molar-refractivity contribution in [2.75, 3.05) is 12.5 Å². The summed E-state index contributed by atoms with van der Waals surface area (Å²) in [7, 11) is 0. The van der Waals surface area contributed by atoms with Gasteiger partial charge in [0.15, 0.2) is 0 Å². The van der Waals surface area contributed by atoms with Crippen LogP contribution >= 0.6 is 27.5 Å². The third-order valence-electron chi connectivity index (χ3n) is 3.23. The van der Waals surface area contributed by atoms with Gasteiger partial charge in [-0.1, -0.05) is 51.8 Å². The van der Waals surface area contributed by atoms with Gasteiger partial charge in [-0.15, -0.1) is 11.6 Å². The largest absolute Gasteiger partial charge is 0.494 e. The maximum atomic E-state index is 6.10. The van der Waals surface area contributed by atoms with Crippen molar-refractivity contribution in [1.29, 1.82) is 0 Å². The molecule has 0 spiro atoms. The van der Waals surface area contributed by atoms with E-state index >= 15 is 0 Å². The average Bonchev–Trinajstić information content (AvgIpc) is 2.44. The molecule has 0 aliphatic heterocycles. The molecule has 106 valence electrons. The molecule has 0 saturated carbocycles. The summed E-state index contributed by atoms with van der Waals surface area (Å²) in [6, 6.07) is 16.4. The Bertz CT molecular complexity index is 556. The van der Waals surface area contributed by atoms with Gasteiger partial charge in [0.25, 0.3) is 0 Å². The molecular formula is C17H18BrClO. The number of hydrogen-bond donors (Lipinski definition) is 0. The van der Waals surface area contributed by atoms with Crippen LogP contribution in [-0.4, -0.2) is 12.5 Å². The highest BCUT2D eigenvalue weighted by atomic mass is 79.9. The van der Waals surface area contributed by atoms with E-state index in [0.29, 0.717) is 18.4 Å². The molecule has 1 unspecified atom stereocenters. The smallest absolute Gasteiger partial charge is 0.120 e. The monoisotopic (exact) mass is 352 g/mol. The third kappa shape index (κ3) is 4.53. The Morgan fingerprint density at radius 1 is 1.15 bits per heavy atom. The van der Waals surface area contributed by atoms with Crippen molar-refractivity contribution in [2.24, 2.45) is 0 Å². The van der Waals surface area contributed by atoms with Gasteiger partial charge in [0.05, 0.1) is 6.61 Å². The van der Waals surface area contributed by atoms with Crippen molar-refractivity contribution in [2.45, 2.75) is 19.3 Å². The van der Waals surface area contributed by atoms with Gasteiger partial charge >= 0.3 is 0 Å². The van der Waals surface area contributed by atoms with Gasteiger partial charge in [0.1, 0.15) is 5.75 Å². The average molecular weight is 354 g/mol. The van der Waals surface area contributed by atoms with Gasteiger partial charge in [-0.2, -0.15) is 0 Å². The van der Waals surface area contributed by atoms with Crippen LogP contribution in [0.3, 0.4) is 0 Å². The van der Waals surface area contributed by atoms with Crippen molar-refractivity contribution in [3.05, 3.63) is 64.1 Å². The number of hydrogen-bond acceptors (Lipinski definition) is 1. The Morgan fingerprint density at radius 3 is 2.65 bits per heavy atom. The van der Waals surface area contributed by atoms with E-state index in [1.165, 1.54) is 11.1 Å². The van der Waals surface area contributed by atoms with Crippen molar-refractivity contribution in [3.63, 3.8) is 0 Å². The lowest BCUT2D eigenvalue weighted by Crippen LogP contribution is -2.07. The highest BCUT2D eigenvalue weighted by Gasteiger charge is 2.10. The lowest BCUT2D eigenvalue weighted by atomic mass is 9.96. The molecule has 0 bridgehead atoms. The number of alkyl halides is 1. The van der Waals surface area contributed by atoms with Crippen LogP contribution < -0.4 is 4.74 Å². The van der Waals surface area contributed by atoms with Crippen LogP contribution in [0.5, 0.6) is 5.75 Å². The van der Waals surface area contributed by atoms with Gasteiger partial charge in [-0.05, 0) is 37.1 Å². The van der Waals surface area contributed by atoms with Crippen LogP contribution in [0.15, 0.2) is 53.0 Å². The molecule has 2 aromatic rings. The van der Waals surface area contributed by atoms with Crippen molar-refractivity contribution in [3.8, 4) is 5.75 Å². The zero-order chi connectivity index (χ0) is 14.4. The fraction of sp³-hybridized carbons (Fsp3) is 0.294. The van der Waals surface area contributed by atoms with E-state index in [9.17, 15) is 0 Å². The Hall–Kier alpha value is -0.990. The van der Waals surface area contributed by atoms with Crippen LogP contribution in [0.1, 0.15) is 23.5 Å². The summed E-state index contributed by atoms with van der Waals surface area (Å²) in [5.74, 6) is 1.84. The molecule has 0 aromatic heterocycles. The molecule has 0 aliphatic rings. The fourth-order valence-electron chi connectivity index (χ4n) is 2.13. The second-order valence-corrected chi connectivity index (χ2v) is 6.08. The molecule has 0 fully saturated rings. The maximum absolute atomic E-state index is 6.10. The van der Waals surface area contributed by atoms with Crippen molar-refractivity contribution in [1.82, 2.24) is 0 Å². The molecule has 0 aliphatic carbocycles. The van der Waals surface area contributed by atoms with E-state index in [2.05, 4.69) is 47.1 Å². The first kappa shape index (κ1) is 15.4. The van der Waals surface area contributed by atoms with Gasteiger partial charge in [0.2, 0.25) is 0 Å². The quantitative estimate of drug-likeness (QED) is 0.619. The normalized spacial score (nSPS) is 12.2. The van der Waals surface area contributed by atoms with Gasteiger partial charge in [0, 0.05) is 16.3 Å². The summed E-state index contributed by atoms with van der Waals surface area (Å²) in [6.07, 6.45) is 0.916. The second kappa shape index (κ2) is 7.70. The Kier molecular flexibility index (Phi) is 5.93. The number of rotatable bonds is 6. The summed E-state index contributed by atoms with van der Waals surface area (Å²) in [5.41, 5.74) is 2.56. The first-order valence-electron chi connectivity index (χ1n) is 6.70. The number of benzene rings is 2. The molecule has 0 amide bonds. The minimum absolute atomic E-state index is 0.337. The molecule has 1 atom stereocenters. The Balaban J connectivity index is 1.91. The summed E-state index contributed by atoms with van der Waals surface area (Å²) in [5, 5.41) is 0. The zero-order valence-corrected chi connectivity index (χ0v) is 13.8. The lowest BCUT2D eigenvalue weighted by Gasteiger charge is -2.15. The second-order valence-electron chi connectivity index (χ2n) is 4.86. The summed E-state index contributed by atoms with van der Waals surface area (Å²) in [4.78, 5) is 0. The molecule has 20 heavy (non-hydrogen) atoms. The molecule has 2 rings (SSSR count). The van der Waals surface area contributed by atoms with Crippen LogP contribution in [-0.2, 0) is 0 Å². The highest BCUT2D eigenvalue weighted by molar-refractivity contribution is 9.10. The topological polar surface area (TPSA) is 9.23 Å². The van der Waals surface area contributed by atoms with Crippen LogP contribution in [0.25, 0.3) is 0 Å². The van der Waals surface area contributed by atoms with Gasteiger partial charge in [-0.3, -0.25) is 0 Å². The first-order chi connectivity index (χ1) is 9.69. The van der Waals surface area contributed by atoms with Gasteiger partial charge in [-0.25, -0.2) is 0 Å². The maximum Gasteiger partial charge on any atom is 0.120 e. The van der Waals surface area contributed by atoms with Crippen molar-refractivity contribution >= 4 is 27.5 Å². The summed E-state index contributed by atoms with van der Waals surface area (Å²) in [6.45, 7) is 2.77. The summed E-state index contributed by atoms with van der Waals surface area (Å²) < 4.78 is 6.81. The standard InChI is InChI=1S/C17H18BrClO/c1-13-4-2-5-14(10-13)15(12-19)8-9-20-17-7-3-6-16(18)11-17/h2-7,10-11,15H,8-9,12H2,1H3. The zero-order valence-electron chi connectivity index (χ0n) is 11.5. The molecule has 0 radical (unpaired) electrons. The van der Waals surface area contributed by atoms with Crippen LogP contribution in [0, 0.1) is 6.92 Å². The molecule has 0 N–H and O–H groups in total. The minimum atomic E-state index is 0.337. The first-order valence-corrected chi connectivity index (χ1v) is 8.02. The van der Waals surface area contributed by atoms with E-state index < -0.39 is 0 Å². The van der Waals surface area contributed by atoms with E-state index in [0.717, 1.165) is 16.6 Å². The Labute approximate surface area is 134 Å². The van der Waals surface area contributed by atoms with Gasteiger partial charge < -0.3 is 4.74 Å². The molecule has 3 heteroatoms. The van der Waals surface area contributed by atoms with E-state index in [-0.39, 0.29) is 0 Å². The molecule has 0 saturated heterocycles. The summed E-state index contributed by atoms with van der Waals surface area (Å²) >= 11 is 9.54. The van der Waals surface area contributed by atoms with E-state index in [1.807, 2.05) is 24.3 Å². The van der Waals surface area contributed by atoms with Crippen LogP contribution in [0.4, 0.5) is 0 Å². The fourth-order valence-corrected chi connectivity index (χ4v) is 2.84. The predicted molar refractivity (Wildman–Crippen MR) is 88.9 cm³/mol. The SMILES string of the molecule is Cc1cccc(C(CCl)CCOc2cccc(Br)c2)c1. The third-order valence-corrected chi connectivity index (χ3v) is 4.10. The number of aryl methyl sites for hydroxylation is 1. The number of halogens is 2. The molecule has 2 aromatic carbocycles. The van der Waals surface area contributed by atoms with E-state index in [4.69, 9.17) is 16.3 Å². The van der Waals surface area contributed by atoms with Crippen molar-refractivity contribution < 1.29 is 4.74 Å². The predicted octanol–water partition coefficient (Wildman–Crippen LogP) is 5.55. The molecule has 0 heterocycles. The number of ether oxygens (including phenoxy) is 1. The Morgan fingerprint density at radius 2 is 1.95 bits per heavy atom.